The van der Waals surface area contributed by atoms with Gasteiger partial charge in [0.25, 0.3) is 5.91 Å². The predicted octanol–water partition coefficient (Wildman–Crippen LogP) is 2.07. The molecule has 0 bridgehead atoms. The molecule has 0 spiro atoms. The summed E-state index contributed by atoms with van der Waals surface area (Å²) in [4.78, 5) is 25.6. The summed E-state index contributed by atoms with van der Waals surface area (Å²) in [5, 5.41) is 0.875. The molecule has 1 saturated heterocycles. The summed E-state index contributed by atoms with van der Waals surface area (Å²) in [7, 11) is 0. The highest BCUT2D eigenvalue weighted by atomic mass is 16.3. The number of aromatic nitrogens is 2. The van der Waals surface area contributed by atoms with E-state index in [4.69, 9.17) is 10.2 Å². The molecular weight excluding hydrogens is 330 g/mol. The Labute approximate surface area is 151 Å². The smallest absolute Gasteiger partial charge is 0.289 e. The highest BCUT2D eigenvalue weighted by Gasteiger charge is 2.25. The van der Waals surface area contributed by atoms with Gasteiger partial charge in [-0.15, -0.1) is 0 Å². The fourth-order valence-corrected chi connectivity index (χ4v) is 3.27. The molecule has 7 heteroatoms. The molecule has 1 aliphatic rings. The Kier molecular flexibility index (Phi) is 4.30. The number of amides is 1. The van der Waals surface area contributed by atoms with Crippen LogP contribution in [0.3, 0.4) is 0 Å². The first-order valence-electron chi connectivity index (χ1n) is 8.68. The topological polar surface area (TPSA) is 88.5 Å². The van der Waals surface area contributed by atoms with E-state index in [-0.39, 0.29) is 5.91 Å². The van der Waals surface area contributed by atoms with Crippen LogP contribution in [0.5, 0.6) is 0 Å². The number of para-hydroxylation sites is 1. The molecule has 4 rings (SSSR count). The van der Waals surface area contributed by atoms with Crippen molar-refractivity contribution in [3.63, 3.8) is 0 Å². The van der Waals surface area contributed by atoms with Gasteiger partial charge in [0.2, 0.25) is 0 Å². The van der Waals surface area contributed by atoms with Gasteiger partial charge in [0.05, 0.1) is 18.3 Å². The van der Waals surface area contributed by atoms with Crippen LogP contribution in [0.15, 0.2) is 41.0 Å². The van der Waals surface area contributed by atoms with E-state index < -0.39 is 0 Å². The molecular formula is C19H21N5O2. The van der Waals surface area contributed by atoms with Gasteiger partial charge in [0.15, 0.2) is 5.76 Å². The molecule has 0 unspecified atom stereocenters. The second-order valence-electron chi connectivity index (χ2n) is 6.54. The summed E-state index contributed by atoms with van der Waals surface area (Å²) in [5.74, 6) is 1.61. The molecule has 1 aromatic carbocycles. The van der Waals surface area contributed by atoms with Gasteiger partial charge >= 0.3 is 0 Å². The zero-order valence-corrected chi connectivity index (χ0v) is 14.7. The number of fused-ring (bicyclic) bond motifs is 1. The minimum Gasteiger partial charge on any atom is -0.459 e. The summed E-state index contributed by atoms with van der Waals surface area (Å²) in [6, 6.07) is 9.55. The first kappa shape index (κ1) is 16.5. The summed E-state index contributed by atoms with van der Waals surface area (Å²) in [5.41, 5.74) is 7.79. The van der Waals surface area contributed by atoms with Crippen molar-refractivity contribution in [3.8, 4) is 0 Å². The van der Waals surface area contributed by atoms with Gasteiger partial charge in [-0.3, -0.25) is 9.69 Å². The number of piperazine rings is 1. The summed E-state index contributed by atoms with van der Waals surface area (Å²) < 4.78 is 5.32. The fourth-order valence-electron chi connectivity index (χ4n) is 3.27. The van der Waals surface area contributed by atoms with E-state index in [0.29, 0.717) is 37.0 Å². The van der Waals surface area contributed by atoms with Crippen molar-refractivity contribution in [2.24, 2.45) is 0 Å². The van der Waals surface area contributed by atoms with Crippen LogP contribution < -0.4 is 5.73 Å². The molecule has 3 aromatic rings. The Bertz CT molecular complexity index is 944. The van der Waals surface area contributed by atoms with E-state index in [0.717, 1.165) is 29.6 Å². The Morgan fingerprint density at radius 2 is 1.92 bits per heavy atom. The first-order chi connectivity index (χ1) is 12.6. The van der Waals surface area contributed by atoms with Gasteiger partial charge < -0.3 is 15.1 Å². The molecule has 1 amide bonds. The van der Waals surface area contributed by atoms with Crippen molar-refractivity contribution >= 4 is 22.6 Å². The van der Waals surface area contributed by atoms with E-state index in [9.17, 15) is 4.79 Å². The number of aryl methyl sites for hydroxylation is 1. The lowest BCUT2D eigenvalue weighted by Gasteiger charge is -2.34. The third-order valence-electron chi connectivity index (χ3n) is 4.76. The van der Waals surface area contributed by atoms with E-state index >= 15 is 0 Å². The number of carbonyl (C=O) groups excluding carboxylic acids is 1. The average Bonchev–Trinajstić information content (AvgIpc) is 3.08. The van der Waals surface area contributed by atoms with Crippen LogP contribution >= 0.6 is 0 Å². The maximum Gasteiger partial charge on any atom is 0.289 e. The number of hydrogen-bond acceptors (Lipinski definition) is 6. The van der Waals surface area contributed by atoms with Crippen molar-refractivity contribution in [2.45, 2.75) is 13.5 Å². The lowest BCUT2D eigenvalue weighted by atomic mass is 10.2. The van der Waals surface area contributed by atoms with Crippen molar-refractivity contribution in [1.82, 2.24) is 19.8 Å². The lowest BCUT2D eigenvalue weighted by Crippen LogP contribution is -2.48. The molecule has 26 heavy (non-hydrogen) atoms. The molecule has 0 radical (unpaired) electrons. The lowest BCUT2D eigenvalue weighted by molar-refractivity contribution is 0.0594. The number of benzene rings is 1. The Morgan fingerprint density at radius 3 is 2.65 bits per heavy atom. The van der Waals surface area contributed by atoms with Crippen LogP contribution in [0, 0.1) is 6.92 Å². The highest BCUT2D eigenvalue weighted by molar-refractivity contribution is 5.93. The van der Waals surface area contributed by atoms with Gasteiger partial charge in [0.1, 0.15) is 11.6 Å². The third-order valence-corrected chi connectivity index (χ3v) is 4.76. The number of nitrogens with zero attached hydrogens (tertiary/aromatic N) is 4. The van der Waals surface area contributed by atoms with Crippen molar-refractivity contribution in [1.29, 1.82) is 0 Å². The van der Waals surface area contributed by atoms with E-state index in [1.54, 1.807) is 6.26 Å². The van der Waals surface area contributed by atoms with Crippen LogP contribution in [0.25, 0.3) is 10.9 Å². The molecule has 134 valence electrons. The van der Waals surface area contributed by atoms with Gasteiger partial charge in [-0.1, -0.05) is 12.1 Å². The molecule has 1 fully saturated rings. The molecule has 0 aliphatic carbocycles. The van der Waals surface area contributed by atoms with Gasteiger partial charge in [-0.05, 0) is 25.1 Å². The molecule has 7 nitrogen and oxygen atoms in total. The molecule has 2 aromatic heterocycles. The normalized spacial score (nSPS) is 15.5. The number of furan rings is 1. The zero-order valence-electron chi connectivity index (χ0n) is 14.7. The SMILES string of the molecule is Cc1ccoc1C(=O)N1CCN(Cc2nc(N)c3ccccc3n2)CC1. The molecule has 2 N–H and O–H groups in total. The zero-order chi connectivity index (χ0) is 18.1. The van der Waals surface area contributed by atoms with E-state index in [1.165, 1.54) is 0 Å². The monoisotopic (exact) mass is 351 g/mol. The molecule has 3 heterocycles. The largest absolute Gasteiger partial charge is 0.459 e. The van der Waals surface area contributed by atoms with Crippen molar-refractivity contribution in [3.05, 3.63) is 53.7 Å². The average molecular weight is 351 g/mol. The van der Waals surface area contributed by atoms with Gasteiger partial charge in [0, 0.05) is 37.1 Å². The third kappa shape index (κ3) is 3.13. The van der Waals surface area contributed by atoms with Crippen LogP contribution in [0.1, 0.15) is 21.9 Å². The maximum atomic E-state index is 12.5. The van der Waals surface area contributed by atoms with Gasteiger partial charge in [-0.2, -0.15) is 0 Å². The number of anilines is 1. The Morgan fingerprint density at radius 1 is 1.15 bits per heavy atom. The Balaban J connectivity index is 1.41. The maximum absolute atomic E-state index is 12.5. The second kappa shape index (κ2) is 6.76. The van der Waals surface area contributed by atoms with E-state index in [2.05, 4.69) is 14.9 Å². The van der Waals surface area contributed by atoms with Gasteiger partial charge in [-0.25, -0.2) is 9.97 Å². The van der Waals surface area contributed by atoms with Crippen LogP contribution in [0.4, 0.5) is 5.82 Å². The summed E-state index contributed by atoms with van der Waals surface area (Å²) in [6.45, 7) is 5.35. The number of carbonyl (C=O) groups is 1. The summed E-state index contributed by atoms with van der Waals surface area (Å²) in [6.07, 6.45) is 1.56. The van der Waals surface area contributed by atoms with Crippen molar-refractivity contribution in [2.75, 3.05) is 31.9 Å². The second-order valence-corrected chi connectivity index (χ2v) is 6.54. The quantitative estimate of drug-likeness (QED) is 0.777. The number of rotatable bonds is 3. The first-order valence-corrected chi connectivity index (χ1v) is 8.68. The number of hydrogen-bond donors (Lipinski definition) is 1. The van der Waals surface area contributed by atoms with E-state index in [1.807, 2.05) is 42.2 Å². The minimum absolute atomic E-state index is 0.0432. The predicted molar refractivity (Wildman–Crippen MR) is 98.6 cm³/mol. The molecule has 0 saturated carbocycles. The number of nitrogens with two attached hydrogens (primary N) is 1. The van der Waals surface area contributed by atoms with Crippen molar-refractivity contribution < 1.29 is 9.21 Å². The Hall–Kier alpha value is -2.93. The summed E-state index contributed by atoms with van der Waals surface area (Å²) >= 11 is 0. The number of nitrogen functional groups attached to an aromatic ring is 1. The van der Waals surface area contributed by atoms with Crippen LogP contribution in [0.2, 0.25) is 0 Å². The standard InChI is InChI=1S/C19H21N5O2/c1-13-6-11-26-17(13)19(25)24-9-7-23(8-10-24)12-16-21-15-5-3-2-4-14(15)18(20)22-16/h2-6,11H,7-10,12H2,1H3,(H2,20,21,22). The highest BCUT2D eigenvalue weighted by Crippen LogP contribution is 2.19. The molecule has 1 aliphatic heterocycles. The fraction of sp³-hybridized carbons (Fsp3) is 0.316. The van der Waals surface area contributed by atoms with Crippen LogP contribution in [-0.2, 0) is 6.54 Å². The van der Waals surface area contributed by atoms with Crippen LogP contribution in [-0.4, -0.2) is 51.9 Å². The minimum atomic E-state index is -0.0432. The molecule has 0 atom stereocenters.